The van der Waals surface area contributed by atoms with Gasteiger partial charge in [0.1, 0.15) is 22.7 Å². The maximum atomic E-state index is 13.2. The molecule has 1 N–H and O–H groups in total. The van der Waals surface area contributed by atoms with Gasteiger partial charge in [0.15, 0.2) is 0 Å². The Bertz CT molecular complexity index is 1480. The number of allylic oxidation sites excluding steroid dienone is 4. The van der Waals surface area contributed by atoms with Crippen molar-refractivity contribution in [1.29, 1.82) is 5.26 Å². The van der Waals surface area contributed by atoms with Crippen molar-refractivity contribution < 1.29 is 30.4 Å². The number of sulfonamides is 1. The number of hydrogen-bond donors (Lipinski definition) is 1. The summed E-state index contributed by atoms with van der Waals surface area (Å²) in [5.74, 6) is 0. The van der Waals surface area contributed by atoms with E-state index < -0.39 is 33.6 Å². The third-order valence-electron chi connectivity index (χ3n) is 5.10. The summed E-state index contributed by atoms with van der Waals surface area (Å²) >= 11 is 0. The predicted octanol–water partition coefficient (Wildman–Crippen LogP) is 4.55. The maximum Gasteiger partial charge on any atom is 0.404 e. The highest BCUT2D eigenvalue weighted by atomic mass is 32.2. The molecule has 7 nitrogen and oxygen atoms in total. The fourth-order valence-electron chi connectivity index (χ4n) is 3.29. The van der Waals surface area contributed by atoms with Gasteiger partial charge in [-0.2, -0.15) is 23.2 Å². The summed E-state index contributed by atoms with van der Waals surface area (Å²) in [7, 11) is -4.54. The van der Waals surface area contributed by atoms with Crippen molar-refractivity contribution >= 4 is 26.8 Å². The molecule has 13 heteroatoms. The van der Waals surface area contributed by atoms with Crippen LogP contribution in [0.5, 0.6) is 0 Å². The van der Waals surface area contributed by atoms with Gasteiger partial charge in [-0.25, -0.2) is 22.2 Å². The van der Waals surface area contributed by atoms with E-state index in [0.717, 1.165) is 24.5 Å². The molecule has 34 heavy (non-hydrogen) atoms. The minimum atomic E-state index is -4.78. The number of hydrogen-bond acceptors (Lipinski definition) is 5. The van der Waals surface area contributed by atoms with Gasteiger partial charge in [0.2, 0.25) is 10.0 Å². The first-order chi connectivity index (χ1) is 15.9. The molecular formula is C21H14F5N5O2S. The van der Waals surface area contributed by atoms with E-state index in [9.17, 15) is 35.6 Å². The molecule has 1 aliphatic carbocycles. The lowest BCUT2D eigenvalue weighted by Gasteiger charge is -2.17. The second kappa shape index (κ2) is 8.30. The lowest BCUT2D eigenvalue weighted by atomic mass is 10.1. The molecule has 0 spiro atoms. The van der Waals surface area contributed by atoms with Crippen molar-refractivity contribution in [2.75, 3.05) is 0 Å². The first kappa shape index (κ1) is 23.5. The number of fused-ring (bicyclic) bond motifs is 1. The number of alkyl halides is 5. The van der Waals surface area contributed by atoms with Crippen LogP contribution in [0.15, 0.2) is 53.7 Å². The van der Waals surface area contributed by atoms with Crippen molar-refractivity contribution in [3.05, 3.63) is 59.9 Å². The molecule has 1 unspecified atom stereocenters. The quantitative estimate of drug-likeness (QED) is 0.506. The molecule has 3 aromatic rings. The molecule has 4 rings (SSSR count). The normalized spacial score (nSPS) is 14.7. The van der Waals surface area contributed by atoms with Gasteiger partial charge in [0, 0.05) is 29.0 Å². The van der Waals surface area contributed by atoms with E-state index >= 15 is 0 Å². The van der Waals surface area contributed by atoms with Crippen molar-refractivity contribution in [2.24, 2.45) is 0 Å². The van der Waals surface area contributed by atoms with Crippen LogP contribution in [-0.2, 0) is 10.0 Å². The lowest BCUT2D eigenvalue weighted by molar-refractivity contribution is -0.147. The minimum absolute atomic E-state index is 0.0156. The van der Waals surface area contributed by atoms with Crippen molar-refractivity contribution in [1.82, 2.24) is 19.3 Å². The second-order valence-electron chi connectivity index (χ2n) is 7.33. The smallest absolute Gasteiger partial charge is 0.291 e. The van der Waals surface area contributed by atoms with Crippen LogP contribution >= 0.6 is 0 Å². The van der Waals surface area contributed by atoms with Crippen molar-refractivity contribution in [3.63, 3.8) is 0 Å². The topological polar surface area (TPSA) is 101 Å². The number of nitrogens with one attached hydrogen (secondary N) is 1. The highest BCUT2D eigenvalue weighted by Gasteiger charge is 2.39. The molecule has 0 saturated carbocycles. The number of pyridine rings is 2. The molecule has 3 heterocycles. The number of rotatable bonds is 6. The molecular weight excluding hydrogens is 481 g/mol. The molecule has 0 aliphatic heterocycles. The second-order valence-corrected chi connectivity index (χ2v) is 9.04. The zero-order chi connectivity index (χ0) is 24.8. The van der Waals surface area contributed by atoms with E-state index in [1.54, 1.807) is 18.2 Å². The van der Waals surface area contributed by atoms with Gasteiger partial charge in [0.05, 0.1) is 17.0 Å². The first-order valence-electron chi connectivity index (χ1n) is 9.61. The van der Waals surface area contributed by atoms with E-state index in [1.165, 1.54) is 15.4 Å². The van der Waals surface area contributed by atoms with E-state index in [4.69, 9.17) is 0 Å². The maximum absolute atomic E-state index is 13.2. The largest absolute Gasteiger partial charge is 0.404 e. The third kappa shape index (κ3) is 4.06. The standard InChI is InChI=1S/C21H14F5N5O2S/c1-11(21(24,25)26)30-34(32,33)14-5-6-17(28-10-14)18-16(8-27)15-7-12(19(22)23)9-29-20(15)31(18)13-3-2-4-13/h2-7,9-11,19,30H,1H3. The van der Waals surface area contributed by atoms with E-state index in [-0.39, 0.29) is 33.5 Å². The fraction of sp³-hybridized carbons (Fsp3) is 0.190. The Kier molecular flexibility index (Phi) is 5.74. The van der Waals surface area contributed by atoms with E-state index in [2.05, 4.69) is 9.97 Å². The summed E-state index contributed by atoms with van der Waals surface area (Å²) in [4.78, 5) is 7.62. The van der Waals surface area contributed by atoms with Crippen LogP contribution in [0.25, 0.3) is 28.1 Å². The highest BCUT2D eigenvalue weighted by Crippen LogP contribution is 2.37. The summed E-state index contributed by atoms with van der Waals surface area (Å²) in [5.41, 5.74) is 0.664. The Morgan fingerprint density at radius 3 is 2.38 bits per heavy atom. The lowest BCUT2D eigenvalue weighted by Crippen LogP contribution is -2.42. The van der Waals surface area contributed by atoms with Crippen LogP contribution in [-0.4, -0.2) is 35.2 Å². The molecule has 0 bridgehead atoms. The average molecular weight is 495 g/mol. The van der Waals surface area contributed by atoms with Crippen LogP contribution in [0.3, 0.4) is 0 Å². The van der Waals surface area contributed by atoms with Crippen LogP contribution in [0.2, 0.25) is 0 Å². The molecule has 176 valence electrons. The summed E-state index contributed by atoms with van der Waals surface area (Å²) in [6, 6.07) is 3.05. The molecule has 0 radical (unpaired) electrons. The van der Waals surface area contributed by atoms with Crippen molar-refractivity contribution in [2.45, 2.75) is 30.5 Å². The van der Waals surface area contributed by atoms with Crippen LogP contribution < -0.4 is 4.72 Å². The number of halogens is 5. The molecule has 0 fully saturated rings. The summed E-state index contributed by atoms with van der Waals surface area (Å²) < 4.78 is 92.4. The highest BCUT2D eigenvalue weighted by molar-refractivity contribution is 7.89. The predicted molar refractivity (Wildman–Crippen MR) is 112 cm³/mol. The fourth-order valence-corrected chi connectivity index (χ4v) is 4.46. The Hall–Kier alpha value is -3.63. The van der Waals surface area contributed by atoms with Crippen LogP contribution in [0, 0.1) is 11.3 Å². The first-order valence-corrected chi connectivity index (χ1v) is 11.1. The van der Waals surface area contributed by atoms with Crippen molar-refractivity contribution in [3.8, 4) is 17.5 Å². The molecule has 0 aromatic carbocycles. The number of nitrogens with zero attached hydrogens (tertiary/aromatic N) is 4. The van der Waals surface area contributed by atoms with Crippen LogP contribution in [0.1, 0.15) is 24.5 Å². The van der Waals surface area contributed by atoms with Gasteiger partial charge in [-0.3, -0.25) is 9.55 Å². The summed E-state index contributed by atoms with van der Waals surface area (Å²) in [5, 5.41) is 9.94. The SMILES string of the molecule is CC(NS(=O)(=O)c1ccc(-c2c(C#N)c3cc(C(F)F)cnc3n2C2=CC=C2)nc1)C(F)(F)F. The number of nitriles is 1. The van der Waals surface area contributed by atoms with Gasteiger partial charge in [-0.1, -0.05) is 6.08 Å². The monoisotopic (exact) mass is 495 g/mol. The number of aromatic nitrogens is 3. The average Bonchev–Trinajstić information content (AvgIpc) is 3.05. The van der Waals surface area contributed by atoms with Gasteiger partial charge in [-0.15, -0.1) is 0 Å². The minimum Gasteiger partial charge on any atom is -0.291 e. The van der Waals surface area contributed by atoms with Crippen LogP contribution in [0.4, 0.5) is 22.0 Å². The Morgan fingerprint density at radius 2 is 1.88 bits per heavy atom. The zero-order valence-electron chi connectivity index (χ0n) is 17.2. The summed E-state index contributed by atoms with van der Waals surface area (Å²) in [6.07, 6.45) is -0.659. The molecule has 0 saturated heterocycles. The Labute approximate surface area is 189 Å². The molecule has 1 aliphatic rings. The van der Waals surface area contributed by atoms with Gasteiger partial charge in [0.25, 0.3) is 6.43 Å². The molecule has 1 atom stereocenters. The van der Waals surface area contributed by atoms with Gasteiger partial charge >= 0.3 is 6.18 Å². The Morgan fingerprint density at radius 1 is 1.18 bits per heavy atom. The van der Waals surface area contributed by atoms with Gasteiger partial charge in [-0.05, 0) is 37.3 Å². The van der Waals surface area contributed by atoms with E-state index in [0.29, 0.717) is 12.6 Å². The zero-order valence-corrected chi connectivity index (χ0v) is 18.0. The molecule has 3 aromatic heterocycles. The van der Waals surface area contributed by atoms with Gasteiger partial charge < -0.3 is 0 Å². The summed E-state index contributed by atoms with van der Waals surface area (Å²) in [6.45, 7) is 0.664. The third-order valence-corrected chi connectivity index (χ3v) is 6.62. The Balaban J connectivity index is 1.83. The molecule has 0 amide bonds. The van der Waals surface area contributed by atoms with E-state index in [1.807, 2.05) is 6.07 Å².